The van der Waals surface area contributed by atoms with Gasteiger partial charge in [-0.2, -0.15) is 0 Å². The molecule has 0 spiro atoms. The third kappa shape index (κ3) is 14.7. The number of esters is 2. The third-order valence-corrected chi connectivity index (χ3v) is 5.67. The van der Waals surface area contributed by atoms with Gasteiger partial charge in [0, 0.05) is 13.1 Å². The molecule has 15 heteroatoms. The van der Waals surface area contributed by atoms with Crippen LogP contribution in [-0.4, -0.2) is 71.7 Å². The van der Waals surface area contributed by atoms with Crippen LogP contribution in [-0.2, 0) is 37.0 Å². The van der Waals surface area contributed by atoms with Crippen LogP contribution in [0.5, 0.6) is 0 Å². The molecule has 15 nitrogen and oxygen atoms in total. The standard InChI is InChI=1S/C28H34N4O11/c33-23(21(31-25(35)36)13-7-15-29-27(39)41-17-19-9-3-1-4-10-19)43-24(34)22(32-26(37)38)14-8-16-30-28(40)42-18-20-11-5-2-6-12-20/h1-6,9-12,21-22,31-32H,7-8,13-18H2,(H,29,39)(H,30,40)(H,35,36)(H,37,38)/t21-,22-/m0/s1. The highest BCUT2D eigenvalue weighted by Crippen LogP contribution is 2.06. The van der Waals surface area contributed by atoms with Crippen LogP contribution in [0.1, 0.15) is 36.8 Å². The zero-order chi connectivity index (χ0) is 31.5. The van der Waals surface area contributed by atoms with E-state index >= 15 is 0 Å². The van der Waals surface area contributed by atoms with Gasteiger partial charge >= 0.3 is 36.3 Å². The molecule has 0 saturated heterocycles. The molecule has 0 bridgehead atoms. The number of rotatable bonds is 16. The van der Waals surface area contributed by atoms with Gasteiger partial charge in [0.25, 0.3) is 0 Å². The number of hydrogen-bond donors (Lipinski definition) is 6. The van der Waals surface area contributed by atoms with Crippen LogP contribution in [0.3, 0.4) is 0 Å². The normalized spacial score (nSPS) is 11.6. The summed E-state index contributed by atoms with van der Waals surface area (Å²) >= 11 is 0. The number of benzene rings is 2. The predicted molar refractivity (Wildman–Crippen MR) is 149 cm³/mol. The summed E-state index contributed by atoms with van der Waals surface area (Å²) in [7, 11) is 0. The fourth-order valence-electron chi connectivity index (χ4n) is 3.58. The van der Waals surface area contributed by atoms with Crippen molar-refractivity contribution in [3.05, 3.63) is 71.8 Å². The van der Waals surface area contributed by atoms with Crippen molar-refractivity contribution < 1.29 is 53.2 Å². The van der Waals surface area contributed by atoms with Crippen LogP contribution in [0.2, 0.25) is 0 Å². The van der Waals surface area contributed by atoms with E-state index in [1.54, 1.807) is 48.5 Å². The average Bonchev–Trinajstić information content (AvgIpc) is 2.98. The second-order valence-electron chi connectivity index (χ2n) is 9.01. The van der Waals surface area contributed by atoms with E-state index in [1.165, 1.54) is 0 Å². The maximum atomic E-state index is 12.5. The van der Waals surface area contributed by atoms with Crippen molar-refractivity contribution in [2.75, 3.05) is 13.1 Å². The Morgan fingerprint density at radius 3 is 1.33 bits per heavy atom. The summed E-state index contributed by atoms with van der Waals surface area (Å²) in [6.07, 6.45) is -4.64. The Kier molecular flexibility index (Phi) is 14.9. The molecule has 2 aromatic carbocycles. The van der Waals surface area contributed by atoms with Gasteiger partial charge in [0.15, 0.2) is 0 Å². The Morgan fingerprint density at radius 2 is 0.977 bits per heavy atom. The number of carbonyl (C=O) groups excluding carboxylic acids is 4. The Morgan fingerprint density at radius 1 is 0.605 bits per heavy atom. The molecule has 2 rings (SSSR count). The number of alkyl carbamates (subject to hydrolysis) is 2. The molecule has 0 aromatic heterocycles. The van der Waals surface area contributed by atoms with Gasteiger partial charge in [-0.15, -0.1) is 0 Å². The number of amides is 4. The lowest BCUT2D eigenvalue weighted by atomic mass is 10.1. The maximum absolute atomic E-state index is 12.5. The van der Waals surface area contributed by atoms with E-state index < -0.39 is 48.4 Å². The summed E-state index contributed by atoms with van der Waals surface area (Å²) in [5.74, 6) is -2.50. The maximum Gasteiger partial charge on any atom is 0.407 e. The number of carboxylic acid groups (broad SMARTS) is 2. The fraction of sp³-hybridized carbons (Fsp3) is 0.357. The van der Waals surface area contributed by atoms with Gasteiger partial charge < -0.3 is 45.7 Å². The highest BCUT2D eigenvalue weighted by Gasteiger charge is 2.29. The lowest BCUT2D eigenvalue weighted by Gasteiger charge is -2.19. The minimum absolute atomic E-state index is 0.0244. The quantitative estimate of drug-likeness (QED) is 0.0710. The van der Waals surface area contributed by atoms with E-state index in [0.29, 0.717) is 0 Å². The van der Waals surface area contributed by atoms with Gasteiger partial charge in [0.2, 0.25) is 0 Å². The second-order valence-corrected chi connectivity index (χ2v) is 9.01. The van der Waals surface area contributed by atoms with E-state index in [2.05, 4.69) is 10.6 Å². The van der Waals surface area contributed by atoms with E-state index in [9.17, 15) is 28.8 Å². The van der Waals surface area contributed by atoms with Crippen LogP contribution in [0, 0.1) is 0 Å². The molecule has 6 N–H and O–H groups in total. The molecule has 43 heavy (non-hydrogen) atoms. The van der Waals surface area contributed by atoms with E-state index in [-0.39, 0.29) is 52.0 Å². The molecule has 4 amide bonds. The first-order chi connectivity index (χ1) is 20.6. The summed E-state index contributed by atoms with van der Waals surface area (Å²) in [5, 5.41) is 27.0. The monoisotopic (exact) mass is 602 g/mol. The van der Waals surface area contributed by atoms with Crippen LogP contribution in [0.15, 0.2) is 60.7 Å². The van der Waals surface area contributed by atoms with Crippen LogP contribution >= 0.6 is 0 Å². The van der Waals surface area contributed by atoms with Gasteiger partial charge in [0.1, 0.15) is 25.3 Å². The first-order valence-corrected chi connectivity index (χ1v) is 13.3. The molecule has 0 aliphatic carbocycles. The van der Waals surface area contributed by atoms with Gasteiger partial charge in [-0.25, -0.2) is 28.8 Å². The SMILES string of the molecule is O=C(O)N[C@@H](CCCNC(=O)OCc1ccccc1)C(=O)OC(=O)[C@H](CCCNC(=O)OCc1ccccc1)NC(=O)O. The Labute approximate surface area is 246 Å². The van der Waals surface area contributed by atoms with Crippen LogP contribution < -0.4 is 21.3 Å². The van der Waals surface area contributed by atoms with Crippen molar-refractivity contribution in [3.8, 4) is 0 Å². The van der Waals surface area contributed by atoms with Crippen molar-refractivity contribution in [3.63, 3.8) is 0 Å². The Balaban J connectivity index is 1.77. The lowest BCUT2D eigenvalue weighted by molar-refractivity contribution is -0.162. The predicted octanol–water partition coefficient (Wildman–Crippen LogP) is 2.74. The number of nitrogens with one attached hydrogen (secondary N) is 4. The van der Waals surface area contributed by atoms with Crippen molar-refractivity contribution in [2.24, 2.45) is 0 Å². The molecule has 0 heterocycles. The molecule has 0 fully saturated rings. The second kappa shape index (κ2) is 18.9. The number of hydrogen-bond acceptors (Lipinski definition) is 9. The topological polar surface area (TPSA) is 219 Å². The molecule has 232 valence electrons. The van der Waals surface area contributed by atoms with Crippen molar-refractivity contribution in [1.29, 1.82) is 0 Å². The Bertz CT molecular complexity index is 1120. The molecular weight excluding hydrogens is 568 g/mol. The van der Waals surface area contributed by atoms with Crippen molar-refractivity contribution in [2.45, 2.75) is 51.0 Å². The van der Waals surface area contributed by atoms with Gasteiger partial charge in [0.05, 0.1) is 0 Å². The first-order valence-electron chi connectivity index (χ1n) is 13.3. The lowest BCUT2D eigenvalue weighted by Crippen LogP contribution is -2.46. The summed E-state index contributed by atoms with van der Waals surface area (Å²) < 4.78 is 14.9. The van der Waals surface area contributed by atoms with E-state index in [4.69, 9.17) is 24.4 Å². The van der Waals surface area contributed by atoms with E-state index in [0.717, 1.165) is 11.1 Å². The highest BCUT2D eigenvalue weighted by atomic mass is 16.6. The molecule has 2 atom stereocenters. The largest absolute Gasteiger partial charge is 0.465 e. The van der Waals surface area contributed by atoms with Gasteiger partial charge in [-0.3, -0.25) is 0 Å². The summed E-state index contributed by atoms with van der Waals surface area (Å²) in [6, 6.07) is 15.0. The zero-order valence-corrected chi connectivity index (χ0v) is 23.2. The Hall–Kier alpha value is -5.34. The summed E-state index contributed by atoms with van der Waals surface area (Å²) in [6.45, 7) is 0.141. The van der Waals surface area contributed by atoms with E-state index in [1.807, 2.05) is 22.8 Å². The summed E-state index contributed by atoms with van der Waals surface area (Å²) in [4.78, 5) is 71.1. The molecule has 0 saturated carbocycles. The average molecular weight is 603 g/mol. The summed E-state index contributed by atoms with van der Waals surface area (Å²) in [5.41, 5.74) is 1.56. The van der Waals surface area contributed by atoms with Crippen LogP contribution in [0.25, 0.3) is 0 Å². The smallest absolute Gasteiger partial charge is 0.407 e. The fourth-order valence-corrected chi connectivity index (χ4v) is 3.58. The van der Waals surface area contributed by atoms with Crippen molar-refractivity contribution in [1.82, 2.24) is 21.3 Å². The highest BCUT2D eigenvalue weighted by molar-refractivity contribution is 5.93. The van der Waals surface area contributed by atoms with Crippen molar-refractivity contribution >= 4 is 36.3 Å². The molecule has 0 aliphatic heterocycles. The molecule has 0 radical (unpaired) electrons. The molecule has 0 aliphatic rings. The molecule has 2 aromatic rings. The zero-order valence-electron chi connectivity index (χ0n) is 23.2. The van der Waals surface area contributed by atoms with Crippen LogP contribution in [0.4, 0.5) is 19.2 Å². The first kappa shape index (κ1) is 33.9. The minimum atomic E-state index is -1.56. The number of carbonyl (C=O) groups is 6. The number of ether oxygens (including phenoxy) is 3. The van der Waals surface area contributed by atoms with Gasteiger partial charge in [-0.05, 0) is 36.8 Å². The molecular formula is C28H34N4O11. The molecule has 0 unspecified atom stereocenters. The van der Waals surface area contributed by atoms with Gasteiger partial charge in [-0.1, -0.05) is 60.7 Å². The minimum Gasteiger partial charge on any atom is -0.465 e. The third-order valence-electron chi connectivity index (χ3n) is 5.67.